The van der Waals surface area contributed by atoms with Crippen molar-refractivity contribution in [2.45, 2.75) is 26.4 Å². The number of Topliss-reactive ketones (excluding diaryl/α,β-unsaturated/α-hetero) is 1. The average molecular weight is 395 g/mol. The van der Waals surface area contributed by atoms with Gasteiger partial charge in [0.2, 0.25) is 5.78 Å². The summed E-state index contributed by atoms with van der Waals surface area (Å²) in [5, 5.41) is 2.33. The third-order valence-corrected chi connectivity index (χ3v) is 5.24. The topological polar surface area (TPSA) is 65.5 Å². The van der Waals surface area contributed by atoms with Crippen molar-refractivity contribution in [1.82, 2.24) is 4.98 Å². The molecule has 0 saturated heterocycles. The Hall–Kier alpha value is -2.99. The number of rotatable bonds is 7. The number of carbonyl (C=O) groups excluding carboxylic acids is 2. The molecule has 0 bridgehead atoms. The Morgan fingerprint density at radius 2 is 1.75 bits per heavy atom. The van der Waals surface area contributed by atoms with Crippen LogP contribution in [0.15, 0.2) is 53.9 Å². The van der Waals surface area contributed by atoms with E-state index in [4.69, 9.17) is 9.47 Å². The third-order valence-electron chi connectivity index (χ3n) is 4.35. The predicted octanol–water partition coefficient (Wildman–Crippen LogP) is 4.81. The molecule has 0 radical (unpaired) electrons. The molecule has 28 heavy (non-hydrogen) atoms. The van der Waals surface area contributed by atoms with Crippen LogP contribution in [0.4, 0.5) is 0 Å². The van der Waals surface area contributed by atoms with Crippen LogP contribution in [0.2, 0.25) is 0 Å². The van der Waals surface area contributed by atoms with Crippen LogP contribution in [0.1, 0.15) is 40.3 Å². The molecule has 1 aromatic heterocycles. The summed E-state index contributed by atoms with van der Waals surface area (Å²) in [4.78, 5) is 29.2. The van der Waals surface area contributed by atoms with E-state index in [9.17, 15) is 9.59 Å². The molecule has 0 fully saturated rings. The molecule has 0 aliphatic carbocycles. The number of hydrogen-bond acceptors (Lipinski definition) is 6. The van der Waals surface area contributed by atoms with Gasteiger partial charge in [-0.3, -0.25) is 4.79 Å². The van der Waals surface area contributed by atoms with Crippen molar-refractivity contribution >= 4 is 23.1 Å². The van der Waals surface area contributed by atoms with Crippen molar-refractivity contribution < 1.29 is 19.1 Å². The maximum Gasteiger partial charge on any atom is 0.358 e. The second-order valence-corrected chi connectivity index (χ2v) is 7.09. The summed E-state index contributed by atoms with van der Waals surface area (Å²) in [7, 11) is 1.60. The largest absolute Gasteiger partial charge is 0.497 e. The number of thiazole rings is 1. The van der Waals surface area contributed by atoms with Crippen molar-refractivity contribution in [2.24, 2.45) is 0 Å². The van der Waals surface area contributed by atoms with E-state index in [0.717, 1.165) is 23.3 Å². The summed E-state index contributed by atoms with van der Waals surface area (Å²) in [6.07, 6.45) is 0.0189. The first kappa shape index (κ1) is 19.8. The first-order valence-electron chi connectivity index (χ1n) is 8.96. The minimum Gasteiger partial charge on any atom is -0.497 e. The molecule has 1 heterocycles. The zero-order valence-electron chi connectivity index (χ0n) is 16.0. The average Bonchev–Trinajstić information content (AvgIpc) is 3.23. The molecule has 1 unspecified atom stereocenters. The molecule has 0 aliphatic heterocycles. The molecule has 1 atom stereocenters. The lowest BCUT2D eigenvalue weighted by Gasteiger charge is -2.11. The van der Waals surface area contributed by atoms with E-state index in [1.54, 1.807) is 31.5 Å². The monoisotopic (exact) mass is 395 g/mol. The summed E-state index contributed by atoms with van der Waals surface area (Å²) < 4.78 is 10.5. The lowest BCUT2D eigenvalue weighted by atomic mass is 10.0. The van der Waals surface area contributed by atoms with Gasteiger partial charge < -0.3 is 9.47 Å². The molecule has 6 heteroatoms. The van der Waals surface area contributed by atoms with E-state index in [2.05, 4.69) is 11.9 Å². The highest BCUT2D eigenvalue weighted by molar-refractivity contribution is 7.13. The van der Waals surface area contributed by atoms with Gasteiger partial charge in [0.25, 0.3) is 0 Å². The van der Waals surface area contributed by atoms with Crippen molar-refractivity contribution in [3.05, 3.63) is 70.7 Å². The highest BCUT2D eigenvalue weighted by Crippen LogP contribution is 2.26. The minimum atomic E-state index is -0.883. The molecule has 3 rings (SSSR count). The molecule has 2 aromatic carbocycles. The maximum absolute atomic E-state index is 12.5. The molecule has 0 aliphatic rings. The van der Waals surface area contributed by atoms with Crippen LogP contribution in [-0.2, 0) is 11.2 Å². The van der Waals surface area contributed by atoms with E-state index in [1.165, 1.54) is 11.3 Å². The summed E-state index contributed by atoms with van der Waals surface area (Å²) in [5.41, 5.74) is 2.74. The molecule has 0 amide bonds. The zero-order chi connectivity index (χ0) is 20.1. The fourth-order valence-electron chi connectivity index (χ4n) is 2.65. The van der Waals surface area contributed by atoms with E-state index in [1.807, 2.05) is 36.4 Å². The first-order valence-corrected chi connectivity index (χ1v) is 9.84. The molecular formula is C22H21NO4S. The Kier molecular flexibility index (Phi) is 6.21. The van der Waals surface area contributed by atoms with Gasteiger partial charge in [-0.05, 0) is 43.2 Å². The SMILES string of the molecule is CCc1ccc(C(=O)C(C)OC(=O)c2csc(-c3ccc(OC)cc3)n2)cc1. The van der Waals surface area contributed by atoms with Crippen LogP contribution in [0.5, 0.6) is 5.75 Å². The normalized spacial score (nSPS) is 11.7. The number of aryl methyl sites for hydroxylation is 1. The number of benzene rings is 2. The number of ether oxygens (including phenoxy) is 2. The fourth-order valence-corrected chi connectivity index (χ4v) is 3.44. The van der Waals surface area contributed by atoms with Gasteiger partial charge in [0, 0.05) is 16.5 Å². The first-order chi connectivity index (χ1) is 13.5. The van der Waals surface area contributed by atoms with Crippen LogP contribution in [0.3, 0.4) is 0 Å². The third kappa shape index (κ3) is 4.46. The number of nitrogens with zero attached hydrogens (tertiary/aromatic N) is 1. The number of methoxy groups -OCH3 is 1. The molecule has 144 valence electrons. The van der Waals surface area contributed by atoms with E-state index < -0.39 is 12.1 Å². The quantitative estimate of drug-likeness (QED) is 0.424. The molecule has 5 nitrogen and oxygen atoms in total. The van der Waals surface area contributed by atoms with E-state index in [-0.39, 0.29) is 11.5 Å². The van der Waals surface area contributed by atoms with Crippen molar-refractivity contribution in [3.63, 3.8) is 0 Å². The van der Waals surface area contributed by atoms with Crippen molar-refractivity contribution in [2.75, 3.05) is 7.11 Å². The number of esters is 1. The van der Waals surface area contributed by atoms with Crippen LogP contribution in [0.25, 0.3) is 10.6 Å². The second kappa shape index (κ2) is 8.80. The highest BCUT2D eigenvalue weighted by Gasteiger charge is 2.22. The summed E-state index contributed by atoms with van der Waals surface area (Å²) in [6, 6.07) is 14.7. The summed E-state index contributed by atoms with van der Waals surface area (Å²) >= 11 is 1.34. The molecule has 3 aromatic rings. The Balaban J connectivity index is 1.66. The van der Waals surface area contributed by atoms with Gasteiger partial charge in [0.15, 0.2) is 11.8 Å². The van der Waals surface area contributed by atoms with Gasteiger partial charge in [0.05, 0.1) is 7.11 Å². The maximum atomic E-state index is 12.5. The molecular weight excluding hydrogens is 374 g/mol. The zero-order valence-corrected chi connectivity index (χ0v) is 16.8. The Morgan fingerprint density at radius 3 is 2.36 bits per heavy atom. The Morgan fingerprint density at radius 1 is 1.07 bits per heavy atom. The standard InChI is InChI=1S/C22H21NO4S/c1-4-15-5-7-16(8-6-15)20(24)14(2)27-22(25)19-13-28-21(23-19)17-9-11-18(26-3)12-10-17/h5-14H,4H2,1-3H3. The number of carbonyl (C=O) groups is 2. The van der Waals surface area contributed by atoms with Crippen LogP contribution in [0, 0.1) is 0 Å². The van der Waals surface area contributed by atoms with Crippen molar-refractivity contribution in [3.8, 4) is 16.3 Å². The van der Waals surface area contributed by atoms with Crippen LogP contribution in [-0.4, -0.2) is 30.0 Å². The van der Waals surface area contributed by atoms with Crippen molar-refractivity contribution in [1.29, 1.82) is 0 Å². The molecule has 0 spiro atoms. The van der Waals surface area contributed by atoms with Gasteiger partial charge in [-0.1, -0.05) is 31.2 Å². The van der Waals surface area contributed by atoms with E-state index >= 15 is 0 Å². The minimum absolute atomic E-state index is 0.191. The van der Waals surface area contributed by atoms with Gasteiger partial charge in [-0.25, -0.2) is 9.78 Å². The number of aromatic nitrogens is 1. The Labute approximate surface area is 168 Å². The predicted molar refractivity (Wildman–Crippen MR) is 109 cm³/mol. The van der Waals surface area contributed by atoms with Gasteiger partial charge >= 0.3 is 5.97 Å². The number of hydrogen-bond donors (Lipinski definition) is 0. The summed E-state index contributed by atoms with van der Waals surface area (Å²) in [5.74, 6) is -0.0945. The molecule has 0 N–H and O–H groups in total. The lowest BCUT2D eigenvalue weighted by Crippen LogP contribution is -2.24. The van der Waals surface area contributed by atoms with Gasteiger partial charge in [-0.15, -0.1) is 11.3 Å². The van der Waals surface area contributed by atoms with E-state index in [0.29, 0.717) is 10.6 Å². The molecule has 0 saturated carbocycles. The summed E-state index contributed by atoms with van der Waals surface area (Å²) in [6.45, 7) is 3.63. The smallest absolute Gasteiger partial charge is 0.358 e. The lowest BCUT2D eigenvalue weighted by molar-refractivity contribution is 0.0314. The van der Waals surface area contributed by atoms with Gasteiger partial charge in [0.1, 0.15) is 10.8 Å². The fraction of sp³-hybridized carbons (Fsp3) is 0.227. The Bertz CT molecular complexity index is 961. The van der Waals surface area contributed by atoms with Crippen LogP contribution >= 0.6 is 11.3 Å². The highest BCUT2D eigenvalue weighted by atomic mass is 32.1. The number of ketones is 1. The van der Waals surface area contributed by atoms with Gasteiger partial charge in [-0.2, -0.15) is 0 Å². The second-order valence-electron chi connectivity index (χ2n) is 6.23. The van der Waals surface area contributed by atoms with Crippen LogP contribution < -0.4 is 4.74 Å².